The van der Waals surface area contributed by atoms with Crippen LogP contribution in [0.15, 0.2) is 0 Å². The minimum atomic E-state index is -1.06. The Labute approximate surface area is 76.3 Å². The van der Waals surface area contributed by atoms with E-state index in [-0.39, 0.29) is 18.4 Å². The van der Waals surface area contributed by atoms with Crippen molar-refractivity contribution in [1.29, 1.82) is 0 Å². The van der Waals surface area contributed by atoms with Gasteiger partial charge >= 0.3 is 6.09 Å². The molecule has 0 aromatic carbocycles. The summed E-state index contributed by atoms with van der Waals surface area (Å²) < 4.78 is 5.01. The van der Waals surface area contributed by atoms with E-state index in [0.29, 0.717) is 6.42 Å². The summed E-state index contributed by atoms with van der Waals surface area (Å²) >= 11 is 0. The normalized spacial score (nSPS) is 27.7. The first-order valence-electron chi connectivity index (χ1n) is 4.09. The van der Waals surface area contributed by atoms with Crippen molar-refractivity contribution in [3.63, 3.8) is 0 Å². The van der Waals surface area contributed by atoms with Gasteiger partial charge in [0.25, 0.3) is 0 Å². The van der Waals surface area contributed by atoms with Gasteiger partial charge in [-0.25, -0.2) is 4.79 Å². The number of hydrogen-bond donors (Lipinski definition) is 1. The van der Waals surface area contributed by atoms with E-state index >= 15 is 0 Å². The highest BCUT2D eigenvalue weighted by molar-refractivity contribution is 5.85. The SMILES string of the molecule is CO[C@H]1C[C@@H](C(C)=O)N(C(=O)O)C1. The Morgan fingerprint density at radius 1 is 1.54 bits per heavy atom. The molecule has 1 N–H and O–H groups in total. The molecule has 1 amide bonds. The van der Waals surface area contributed by atoms with Crippen LogP contribution in [0.4, 0.5) is 4.79 Å². The van der Waals surface area contributed by atoms with Crippen molar-refractivity contribution in [2.45, 2.75) is 25.5 Å². The first-order chi connectivity index (χ1) is 6.06. The number of ketones is 1. The second-order valence-corrected chi connectivity index (χ2v) is 3.15. The first kappa shape index (κ1) is 9.98. The number of hydrogen-bond acceptors (Lipinski definition) is 3. The van der Waals surface area contributed by atoms with E-state index in [4.69, 9.17) is 9.84 Å². The summed E-state index contributed by atoms with van der Waals surface area (Å²) in [5, 5.41) is 8.76. The molecule has 1 fully saturated rings. The number of carboxylic acid groups (broad SMARTS) is 1. The molecule has 5 heteroatoms. The lowest BCUT2D eigenvalue weighted by Crippen LogP contribution is -2.38. The molecule has 0 spiro atoms. The highest BCUT2D eigenvalue weighted by atomic mass is 16.5. The van der Waals surface area contributed by atoms with Gasteiger partial charge < -0.3 is 9.84 Å². The van der Waals surface area contributed by atoms with Gasteiger partial charge in [0.15, 0.2) is 5.78 Å². The standard InChI is InChI=1S/C8H13NO4/c1-5(10)7-3-6(13-2)4-9(7)8(11)12/h6-7H,3-4H2,1-2H3,(H,11,12)/t6-,7-/m0/s1. The summed E-state index contributed by atoms with van der Waals surface area (Å²) in [7, 11) is 1.52. The van der Waals surface area contributed by atoms with E-state index in [1.165, 1.54) is 14.0 Å². The Bertz CT molecular complexity index is 206. The van der Waals surface area contributed by atoms with Crippen LogP contribution in [0.2, 0.25) is 0 Å². The van der Waals surface area contributed by atoms with Crippen LogP contribution in [0.3, 0.4) is 0 Å². The predicted molar refractivity (Wildman–Crippen MR) is 44.6 cm³/mol. The third-order valence-electron chi connectivity index (χ3n) is 2.31. The van der Waals surface area contributed by atoms with Crippen LogP contribution >= 0.6 is 0 Å². The number of ether oxygens (including phenoxy) is 1. The van der Waals surface area contributed by atoms with Gasteiger partial charge in [0.1, 0.15) is 0 Å². The minimum Gasteiger partial charge on any atom is -0.465 e. The molecule has 0 aromatic heterocycles. The zero-order valence-corrected chi connectivity index (χ0v) is 7.69. The monoisotopic (exact) mass is 187 g/mol. The summed E-state index contributed by atoms with van der Waals surface area (Å²) in [6.45, 7) is 1.69. The van der Waals surface area contributed by atoms with Gasteiger partial charge in [0, 0.05) is 13.5 Å². The molecule has 0 aliphatic carbocycles. The van der Waals surface area contributed by atoms with Crippen molar-refractivity contribution < 1.29 is 19.4 Å². The predicted octanol–water partition coefficient (Wildman–Crippen LogP) is 0.343. The third-order valence-corrected chi connectivity index (χ3v) is 2.31. The lowest BCUT2D eigenvalue weighted by atomic mass is 10.1. The average Bonchev–Trinajstić information content (AvgIpc) is 2.47. The van der Waals surface area contributed by atoms with Crippen LogP contribution in [0.25, 0.3) is 0 Å². The maximum absolute atomic E-state index is 11.1. The highest BCUT2D eigenvalue weighted by Crippen LogP contribution is 2.20. The molecule has 2 atom stereocenters. The Hall–Kier alpha value is -1.10. The van der Waals surface area contributed by atoms with Crippen LogP contribution < -0.4 is 0 Å². The molecule has 13 heavy (non-hydrogen) atoms. The van der Waals surface area contributed by atoms with Crippen LogP contribution in [0.5, 0.6) is 0 Å². The van der Waals surface area contributed by atoms with Crippen molar-refractivity contribution in [2.24, 2.45) is 0 Å². The fourth-order valence-electron chi connectivity index (χ4n) is 1.57. The molecule has 74 valence electrons. The Kier molecular flexibility index (Phi) is 2.87. The summed E-state index contributed by atoms with van der Waals surface area (Å²) in [4.78, 5) is 22.9. The van der Waals surface area contributed by atoms with Gasteiger partial charge in [-0.15, -0.1) is 0 Å². The summed E-state index contributed by atoms with van der Waals surface area (Å²) in [5.41, 5.74) is 0. The fourth-order valence-corrected chi connectivity index (χ4v) is 1.57. The molecule has 1 aliphatic rings. The van der Waals surface area contributed by atoms with Crippen molar-refractivity contribution in [2.75, 3.05) is 13.7 Å². The molecule has 1 aliphatic heterocycles. The van der Waals surface area contributed by atoms with Gasteiger partial charge in [-0.1, -0.05) is 0 Å². The van der Waals surface area contributed by atoms with Gasteiger partial charge in [0.2, 0.25) is 0 Å². The largest absolute Gasteiger partial charge is 0.465 e. The van der Waals surface area contributed by atoms with Gasteiger partial charge in [-0.05, 0) is 6.92 Å². The topological polar surface area (TPSA) is 66.8 Å². The van der Waals surface area contributed by atoms with Gasteiger partial charge in [-0.2, -0.15) is 0 Å². The zero-order valence-electron chi connectivity index (χ0n) is 7.69. The van der Waals surface area contributed by atoms with E-state index in [1.54, 1.807) is 0 Å². The molecular weight excluding hydrogens is 174 g/mol. The number of Topliss-reactive ketones (excluding diaryl/α,β-unsaturated/α-hetero) is 1. The summed E-state index contributed by atoms with van der Waals surface area (Å²) in [6.07, 6.45) is -0.734. The number of methoxy groups -OCH3 is 1. The van der Waals surface area contributed by atoms with E-state index in [9.17, 15) is 9.59 Å². The smallest absolute Gasteiger partial charge is 0.408 e. The molecule has 1 heterocycles. The molecule has 5 nitrogen and oxygen atoms in total. The van der Waals surface area contributed by atoms with E-state index in [1.807, 2.05) is 0 Å². The van der Waals surface area contributed by atoms with Crippen LogP contribution in [-0.2, 0) is 9.53 Å². The Morgan fingerprint density at radius 2 is 2.15 bits per heavy atom. The second kappa shape index (κ2) is 3.74. The number of nitrogens with zero attached hydrogens (tertiary/aromatic N) is 1. The maximum Gasteiger partial charge on any atom is 0.408 e. The third kappa shape index (κ3) is 1.98. The fraction of sp³-hybridized carbons (Fsp3) is 0.750. The number of amides is 1. The van der Waals surface area contributed by atoms with E-state index in [0.717, 1.165) is 4.90 Å². The van der Waals surface area contributed by atoms with Crippen LogP contribution in [-0.4, -0.2) is 47.7 Å². The molecule has 0 radical (unpaired) electrons. The molecule has 1 saturated heterocycles. The zero-order chi connectivity index (χ0) is 10.0. The molecule has 0 aromatic rings. The quantitative estimate of drug-likeness (QED) is 0.677. The molecular formula is C8H13NO4. The molecule has 0 bridgehead atoms. The van der Waals surface area contributed by atoms with Gasteiger partial charge in [-0.3, -0.25) is 9.69 Å². The average molecular weight is 187 g/mol. The number of carbonyl (C=O) groups is 2. The van der Waals surface area contributed by atoms with Crippen molar-refractivity contribution in [3.05, 3.63) is 0 Å². The Morgan fingerprint density at radius 3 is 2.46 bits per heavy atom. The minimum absolute atomic E-state index is 0.123. The number of carbonyl (C=O) groups excluding carboxylic acids is 1. The highest BCUT2D eigenvalue weighted by Gasteiger charge is 2.37. The second-order valence-electron chi connectivity index (χ2n) is 3.15. The van der Waals surface area contributed by atoms with Crippen LogP contribution in [0.1, 0.15) is 13.3 Å². The maximum atomic E-state index is 11.1. The molecule has 0 unspecified atom stereocenters. The van der Waals surface area contributed by atoms with Crippen molar-refractivity contribution in [1.82, 2.24) is 4.90 Å². The van der Waals surface area contributed by atoms with Crippen molar-refractivity contribution in [3.8, 4) is 0 Å². The molecule has 0 saturated carbocycles. The lowest BCUT2D eigenvalue weighted by molar-refractivity contribution is -0.120. The summed E-state index contributed by atoms with van der Waals surface area (Å²) in [6, 6.07) is -0.526. The van der Waals surface area contributed by atoms with E-state index in [2.05, 4.69) is 0 Å². The molecule has 1 rings (SSSR count). The van der Waals surface area contributed by atoms with Crippen molar-refractivity contribution >= 4 is 11.9 Å². The lowest BCUT2D eigenvalue weighted by Gasteiger charge is -2.17. The Balaban J connectivity index is 2.71. The van der Waals surface area contributed by atoms with Gasteiger partial charge in [0.05, 0.1) is 18.7 Å². The van der Waals surface area contributed by atoms with Crippen LogP contribution in [0, 0.1) is 0 Å². The number of likely N-dealkylation sites (tertiary alicyclic amines) is 1. The first-order valence-corrected chi connectivity index (χ1v) is 4.09. The summed E-state index contributed by atoms with van der Waals surface area (Å²) in [5.74, 6) is -0.123. The van der Waals surface area contributed by atoms with E-state index < -0.39 is 12.1 Å². The number of rotatable bonds is 2.